The number of nitrogens with one attached hydrogen (secondary N) is 2. The van der Waals surface area contributed by atoms with Crippen molar-refractivity contribution in [3.05, 3.63) is 100 Å². The lowest BCUT2D eigenvalue weighted by Gasteiger charge is -2.16. The zero-order valence-electron chi connectivity index (χ0n) is 16.2. The molecule has 0 radical (unpaired) electrons. The monoisotopic (exact) mass is 482 g/mol. The maximum atomic E-state index is 12.9. The number of halogens is 1. The van der Waals surface area contributed by atoms with Gasteiger partial charge in [-0.1, -0.05) is 46.3 Å². The lowest BCUT2D eigenvalue weighted by atomic mass is 10.1. The van der Waals surface area contributed by atoms with Gasteiger partial charge >= 0.3 is 5.97 Å². The van der Waals surface area contributed by atoms with Crippen LogP contribution in [-0.2, 0) is 16.0 Å². The van der Waals surface area contributed by atoms with Crippen molar-refractivity contribution in [1.29, 1.82) is 0 Å². The third kappa shape index (κ3) is 6.42. The van der Waals surface area contributed by atoms with Crippen LogP contribution in [0.4, 0.5) is 0 Å². The summed E-state index contributed by atoms with van der Waals surface area (Å²) in [4.78, 5) is 37.2. The fraction of sp³-hybridized carbons (Fsp3) is 0.0870. The molecule has 3 N–H and O–H groups in total. The Bertz CT molecular complexity index is 1080. The lowest BCUT2D eigenvalue weighted by molar-refractivity contribution is -0.141. The van der Waals surface area contributed by atoms with Crippen LogP contribution in [0, 0.1) is 0 Å². The van der Waals surface area contributed by atoms with Crippen LogP contribution in [0.25, 0.3) is 6.08 Å². The van der Waals surface area contributed by atoms with Crippen molar-refractivity contribution in [3.8, 4) is 0 Å². The van der Waals surface area contributed by atoms with E-state index in [1.165, 1.54) is 12.3 Å². The molecule has 0 unspecified atom stereocenters. The molecule has 1 aromatic heterocycles. The Hall–Kier alpha value is -3.65. The van der Waals surface area contributed by atoms with Crippen molar-refractivity contribution in [1.82, 2.24) is 10.6 Å². The Balaban J connectivity index is 1.80. The molecule has 0 saturated heterocycles. The van der Waals surface area contributed by atoms with Gasteiger partial charge in [-0.3, -0.25) is 9.59 Å². The van der Waals surface area contributed by atoms with Crippen LogP contribution in [0.15, 0.2) is 87.6 Å². The number of carboxylic acids is 1. The summed E-state index contributed by atoms with van der Waals surface area (Å²) in [6.07, 6.45) is 2.86. The minimum atomic E-state index is -1.19. The van der Waals surface area contributed by atoms with Crippen LogP contribution < -0.4 is 10.6 Å². The number of hydrogen-bond acceptors (Lipinski definition) is 4. The number of benzene rings is 2. The van der Waals surface area contributed by atoms with Gasteiger partial charge < -0.3 is 20.2 Å². The van der Waals surface area contributed by atoms with E-state index in [0.29, 0.717) is 11.3 Å². The maximum absolute atomic E-state index is 12.9. The first kappa shape index (κ1) is 22.0. The standard InChI is InChI=1S/C23H19BrN2O5/c24-17-10-8-16(9-11-17)21(27)25-19(14-18-7-4-12-31-18)22(28)26-20(23(29)30)13-15-5-2-1-3-6-15/h1-12,14,20H,13H2,(H,25,27)(H,26,28)(H,29,30)/b19-14+/t20-/m0/s1. The zero-order chi connectivity index (χ0) is 22.2. The fourth-order valence-electron chi connectivity index (χ4n) is 2.76. The summed E-state index contributed by atoms with van der Waals surface area (Å²) in [6, 6.07) is 17.6. The Labute approximate surface area is 186 Å². The van der Waals surface area contributed by atoms with E-state index >= 15 is 0 Å². The van der Waals surface area contributed by atoms with Crippen LogP contribution in [0.1, 0.15) is 21.7 Å². The third-order valence-corrected chi connectivity index (χ3v) is 4.84. The van der Waals surface area contributed by atoms with Crippen LogP contribution >= 0.6 is 15.9 Å². The zero-order valence-corrected chi connectivity index (χ0v) is 17.8. The maximum Gasteiger partial charge on any atom is 0.326 e. The largest absolute Gasteiger partial charge is 0.480 e. The number of amides is 2. The minimum absolute atomic E-state index is 0.0939. The molecule has 0 aliphatic heterocycles. The summed E-state index contributed by atoms with van der Waals surface area (Å²) in [5.41, 5.74) is 0.952. The van der Waals surface area contributed by atoms with Crippen LogP contribution in [-0.4, -0.2) is 28.9 Å². The van der Waals surface area contributed by atoms with Gasteiger partial charge in [-0.15, -0.1) is 0 Å². The van der Waals surface area contributed by atoms with E-state index in [1.807, 2.05) is 6.07 Å². The molecule has 0 saturated carbocycles. The summed E-state index contributed by atoms with van der Waals surface area (Å²) in [5, 5.41) is 14.6. The number of carbonyl (C=O) groups is 3. The first-order valence-electron chi connectivity index (χ1n) is 9.32. The van der Waals surface area contributed by atoms with E-state index in [0.717, 1.165) is 10.0 Å². The SMILES string of the molecule is O=C(N[C@@H](Cc1ccccc1)C(=O)O)/C(=C\c1ccco1)NC(=O)c1ccc(Br)cc1. The van der Waals surface area contributed by atoms with Gasteiger partial charge in [-0.05, 0) is 42.0 Å². The van der Waals surface area contributed by atoms with E-state index < -0.39 is 23.8 Å². The molecule has 158 valence electrons. The molecule has 7 nitrogen and oxygen atoms in total. The lowest BCUT2D eigenvalue weighted by Crippen LogP contribution is -2.45. The second-order valence-electron chi connectivity index (χ2n) is 6.59. The first-order valence-corrected chi connectivity index (χ1v) is 10.1. The topological polar surface area (TPSA) is 109 Å². The first-order chi connectivity index (χ1) is 14.9. The molecule has 0 spiro atoms. The molecule has 3 rings (SSSR count). The molecule has 0 fully saturated rings. The highest BCUT2D eigenvalue weighted by molar-refractivity contribution is 9.10. The summed E-state index contributed by atoms with van der Waals surface area (Å²) in [6.45, 7) is 0. The van der Waals surface area contributed by atoms with Crippen molar-refractivity contribution in [2.24, 2.45) is 0 Å². The highest BCUT2D eigenvalue weighted by Gasteiger charge is 2.23. The number of aliphatic carboxylic acids is 1. The van der Waals surface area contributed by atoms with Crippen molar-refractivity contribution in [2.75, 3.05) is 0 Å². The normalized spacial score (nSPS) is 12.1. The predicted octanol–water partition coefficient (Wildman–Crippen LogP) is 3.63. The van der Waals surface area contributed by atoms with Gasteiger partial charge in [0.15, 0.2) is 0 Å². The van der Waals surface area contributed by atoms with Gasteiger partial charge in [-0.2, -0.15) is 0 Å². The number of hydrogen-bond donors (Lipinski definition) is 3. The third-order valence-electron chi connectivity index (χ3n) is 4.32. The molecule has 8 heteroatoms. The summed E-state index contributed by atoms with van der Waals surface area (Å²) in [5.74, 6) is -2.12. The molecule has 0 aliphatic rings. The molecule has 1 heterocycles. The fourth-order valence-corrected chi connectivity index (χ4v) is 3.02. The smallest absolute Gasteiger partial charge is 0.326 e. The second kappa shape index (κ2) is 10.4. The van der Waals surface area contributed by atoms with E-state index in [-0.39, 0.29) is 12.1 Å². The van der Waals surface area contributed by atoms with Gasteiger partial charge in [0.25, 0.3) is 11.8 Å². The molecule has 2 amide bonds. The molecular formula is C23H19BrN2O5. The van der Waals surface area contributed by atoms with Crippen LogP contribution in [0.2, 0.25) is 0 Å². The van der Waals surface area contributed by atoms with Crippen molar-refractivity contribution in [2.45, 2.75) is 12.5 Å². The van der Waals surface area contributed by atoms with Crippen LogP contribution in [0.5, 0.6) is 0 Å². The minimum Gasteiger partial charge on any atom is -0.480 e. The van der Waals surface area contributed by atoms with Gasteiger partial charge in [0.1, 0.15) is 17.5 Å². The van der Waals surface area contributed by atoms with E-state index in [4.69, 9.17) is 4.42 Å². The quantitative estimate of drug-likeness (QED) is 0.424. The Morgan fingerprint density at radius 1 is 1.00 bits per heavy atom. The van der Waals surface area contributed by atoms with E-state index in [1.54, 1.807) is 60.7 Å². The average Bonchev–Trinajstić information content (AvgIpc) is 3.27. The number of carboxylic acid groups (broad SMARTS) is 1. The molecular weight excluding hydrogens is 464 g/mol. The van der Waals surface area contributed by atoms with Gasteiger partial charge in [0.2, 0.25) is 0 Å². The molecule has 1 atom stereocenters. The highest BCUT2D eigenvalue weighted by Crippen LogP contribution is 2.12. The Kier molecular flexibility index (Phi) is 7.40. The summed E-state index contributed by atoms with van der Waals surface area (Å²) < 4.78 is 6.04. The average molecular weight is 483 g/mol. The molecule has 3 aromatic rings. The number of furan rings is 1. The summed E-state index contributed by atoms with van der Waals surface area (Å²) in [7, 11) is 0. The van der Waals surface area contributed by atoms with E-state index in [9.17, 15) is 19.5 Å². The summed E-state index contributed by atoms with van der Waals surface area (Å²) >= 11 is 3.30. The molecule has 0 aliphatic carbocycles. The van der Waals surface area contributed by atoms with Gasteiger partial charge in [0, 0.05) is 22.5 Å². The molecule has 2 aromatic carbocycles. The van der Waals surface area contributed by atoms with Gasteiger partial charge in [-0.25, -0.2) is 4.79 Å². The predicted molar refractivity (Wildman–Crippen MR) is 118 cm³/mol. The van der Waals surface area contributed by atoms with Gasteiger partial charge in [0.05, 0.1) is 6.26 Å². The van der Waals surface area contributed by atoms with Crippen molar-refractivity contribution in [3.63, 3.8) is 0 Å². The van der Waals surface area contributed by atoms with E-state index in [2.05, 4.69) is 26.6 Å². The highest BCUT2D eigenvalue weighted by atomic mass is 79.9. The Morgan fingerprint density at radius 2 is 1.71 bits per heavy atom. The number of rotatable bonds is 8. The van der Waals surface area contributed by atoms with Crippen LogP contribution in [0.3, 0.4) is 0 Å². The molecule has 0 bridgehead atoms. The molecule has 31 heavy (non-hydrogen) atoms. The van der Waals surface area contributed by atoms with Crippen molar-refractivity contribution >= 4 is 39.8 Å². The number of carbonyl (C=O) groups excluding carboxylic acids is 2. The second-order valence-corrected chi connectivity index (χ2v) is 7.50. The Morgan fingerprint density at radius 3 is 2.32 bits per heavy atom. The van der Waals surface area contributed by atoms with Crippen molar-refractivity contribution < 1.29 is 23.9 Å².